The zero-order valence-electron chi connectivity index (χ0n) is 10.4. The summed E-state index contributed by atoms with van der Waals surface area (Å²) < 4.78 is 13.0. The lowest BCUT2D eigenvalue weighted by molar-refractivity contribution is -0.121. The number of carbonyl (C=O) groups excluding carboxylic acids is 1. The molecule has 0 heterocycles. The molecule has 1 aromatic carbocycles. The van der Waals surface area contributed by atoms with Crippen LogP contribution < -0.4 is 4.90 Å². The fraction of sp³-hybridized carbons (Fsp3) is 0.385. The zero-order chi connectivity index (χ0) is 13.9. The van der Waals surface area contributed by atoms with Gasteiger partial charge in [-0.1, -0.05) is 25.4 Å². The number of halogens is 2. The summed E-state index contributed by atoms with van der Waals surface area (Å²) in [5.41, 5.74) is 0.465. The molecule has 0 aromatic heterocycles. The van der Waals surface area contributed by atoms with Crippen LogP contribution in [0.5, 0.6) is 0 Å². The molecule has 0 aliphatic heterocycles. The van der Waals surface area contributed by atoms with Crippen LogP contribution in [0.1, 0.15) is 13.8 Å². The molecule has 1 atom stereocenters. The topological polar surface area (TPSA) is 44.1 Å². The number of carbonyl (C=O) groups is 1. The lowest BCUT2D eigenvalue weighted by Gasteiger charge is -2.22. The highest BCUT2D eigenvalue weighted by Gasteiger charge is 2.25. The van der Waals surface area contributed by atoms with Crippen molar-refractivity contribution in [1.82, 2.24) is 0 Å². The van der Waals surface area contributed by atoms with E-state index >= 15 is 0 Å². The molecule has 0 fully saturated rings. The lowest BCUT2D eigenvalue weighted by atomic mass is 9.96. The summed E-state index contributed by atoms with van der Waals surface area (Å²) in [6, 6.07) is 5.99. The molecule has 1 rings (SSSR count). The predicted molar refractivity (Wildman–Crippen MR) is 68.8 cm³/mol. The molecule has 0 saturated heterocycles. The molecule has 0 spiro atoms. The third-order valence-electron chi connectivity index (χ3n) is 2.69. The zero-order valence-corrected chi connectivity index (χ0v) is 11.2. The van der Waals surface area contributed by atoms with Gasteiger partial charge in [-0.25, -0.2) is 4.39 Å². The Morgan fingerprint density at radius 3 is 2.56 bits per heavy atom. The number of amides is 1. The van der Waals surface area contributed by atoms with E-state index in [-0.39, 0.29) is 16.8 Å². The Morgan fingerprint density at radius 2 is 2.11 bits per heavy atom. The van der Waals surface area contributed by atoms with Crippen molar-refractivity contribution in [2.24, 2.45) is 11.8 Å². The van der Waals surface area contributed by atoms with Crippen LogP contribution in [-0.2, 0) is 4.79 Å². The lowest BCUT2D eigenvalue weighted by Crippen LogP contribution is -2.34. The molecule has 1 unspecified atom stereocenters. The van der Waals surface area contributed by atoms with Gasteiger partial charge in [-0.2, -0.15) is 5.26 Å². The molecular formula is C13H14ClFN2O. The van der Waals surface area contributed by atoms with Crippen LogP contribution in [0, 0.1) is 29.0 Å². The van der Waals surface area contributed by atoms with Gasteiger partial charge < -0.3 is 4.90 Å². The summed E-state index contributed by atoms with van der Waals surface area (Å²) in [6.45, 7) is 3.61. The third-order valence-corrected chi connectivity index (χ3v) is 2.98. The summed E-state index contributed by atoms with van der Waals surface area (Å²) in [5.74, 6) is -1.67. The van der Waals surface area contributed by atoms with E-state index < -0.39 is 11.7 Å². The molecule has 3 nitrogen and oxygen atoms in total. The van der Waals surface area contributed by atoms with Crippen molar-refractivity contribution in [1.29, 1.82) is 5.26 Å². The van der Waals surface area contributed by atoms with Gasteiger partial charge in [-0.15, -0.1) is 0 Å². The number of anilines is 1. The average molecular weight is 269 g/mol. The van der Waals surface area contributed by atoms with Gasteiger partial charge in [-0.3, -0.25) is 4.79 Å². The van der Waals surface area contributed by atoms with E-state index in [9.17, 15) is 9.18 Å². The molecular weight excluding hydrogens is 255 g/mol. The normalized spacial score (nSPS) is 12.1. The average Bonchev–Trinajstić information content (AvgIpc) is 2.32. The molecule has 18 heavy (non-hydrogen) atoms. The summed E-state index contributed by atoms with van der Waals surface area (Å²) >= 11 is 5.66. The minimum absolute atomic E-state index is 0.0507. The van der Waals surface area contributed by atoms with Gasteiger partial charge in [0.25, 0.3) is 0 Å². The first-order chi connectivity index (χ1) is 8.38. The van der Waals surface area contributed by atoms with Crippen molar-refractivity contribution in [3.8, 4) is 6.07 Å². The number of nitrogens with zero attached hydrogens (tertiary/aromatic N) is 2. The quantitative estimate of drug-likeness (QED) is 0.845. The Morgan fingerprint density at radius 1 is 1.50 bits per heavy atom. The van der Waals surface area contributed by atoms with E-state index in [1.807, 2.05) is 6.07 Å². The molecule has 0 bridgehead atoms. The minimum Gasteiger partial charge on any atom is -0.314 e. The Balaban J connectivity index is 3.00. The fourth-order valence-corrected chi connectivity index (χ4v) is 1.69. The van der Waals surface area contributed by atoms with Crippen LogP contribution >= 0.6 is 11.6 Å². The third kappa shape index (κ3) is 2.99. The van der Waals surface area contributed by atoms with Crippen LogP contribution in [0.25, 0.3) is 0 Å². The first-order valence-corrected chi connectivity index (χ1v) is 5.88. The van der Waals surface area contributed by atoms with Gasteiger partial charge in [0.1, 0.15) is 11.7 Å². The van der Waals surface area contributed by atoms with Crippen molar-refractivity contribution in [3.63, 3.8) is 0 Å². The Kier molecular flexibility index (Phi) is 4.69. The number of rotatable bonds is 3. The number of hydrogen-bond acceptors (Lipinski definition) is 2. The van der Waals surface area contributed by atoms with Crippen LogP contribution in [0.3, 0.4) is 0 Å². The molecule has 1 aromatic rings. The van der Waals surface area contributed by atoms with E-state index in [4.69, 9.17) is 16.9 Å². The van der Waals surface area contributed by atoms with E-state index in [0.717, 1.165) is 0 Å². The molecule has 0 radical (unpaired) electrons. The van der Waals surface area contributed by atoms with Crippen molar-refractivity contribution >= 4 is 23.2 Å². The Hall–Kier alpha value is -1.60. The standard InChI is InChI=1S/C13H14ClFN2O/c1-8(2)10(7-16)13(18)17(3)9-4-5-12(15)11(14)6-9/h4-6,8,10H,1-3H3. The van der Waals surface area contributed by atoms with Gasteiger partial charge in [0.05, 0.1) is 11.1 Å². The van der Waals surface area contributed by atoms with E-state index in [1.165, 1.54) is 23.1 Å². The highest BCUT2D eigenvalue weighted by molar-refractivity contribution is 6.31. The predicted octanol–water partition coefficient (Wildman–Crippen LogP) is 3.24. The minimum atomic E-state index is -0.723. The number of nitriles is 1. The molecule has 0 N–H and O–H groups in total. The van der Waals surface area contributed by atoms with E-state index in [1.54, 1.807) is 20.9 Å². The second-order valence-corrected chi connectivity index (χ2v) is 4.75. The van der Waals surface area contributed by atoms with Gasteiger partial charge in [0.15, 0.2) is 0 Å². The Bertz CT molecular complexity index is 496. The van der Waals surface area contributed by atoms with Crippen molar-refractivity contribution in [2.75, 3.05) is 11.9 Å². The fourth-order valence-electron chi connectivity index (χ4n) is 1.52. The summed E-state index contributed by atoms with van der Waals surface area (Å²) in [5, 5.41) is 8.93. The van der Waals surface area contributed by atoms with E-state index in [0.29, 0.717) is 5.69 Å². The van der Waals surface area contributed by atoms with Crippen LogP contribution in [-0.4, -0.2) is 13.0 Å². The first-order valence-electron chi connectivity index (χ1n) is 5.50. The molecule has 0 aliphatic rings. The van der Waals surface area contributed by atoms with Gasteiger partial charge in [0, 0.05) is 12.7 Å². The van der Waals surface area contributed by atoms with E-state index in [2.05, 4.69) is 0 Å². The van der Waals surface area contributed by atoms with Crippen LogP contribution in [0.4, 0.5) is 10.1 Å². The molecule has 1 amide bonds. The van der Waals surface area contributed by atoms with Gasteiger partial charge in [0.2, 0.25) is 5.91 Å². The highest BCUT2D eigenvalue weighted by atomic mass is 35.5. The summed E-state index contributed by atoms with van der Waals surface area (Å²) in [6.07, 6.45) is 0. The second kappa shape index (κ2) is 5.83. The van der Waals surface area contributed by atoms with Crippen LogP contribution in [0.2, 0.25) is 5.02 Å². The summed E-state index contributed by atoms with van der Waals surface area (Å²) in [4.78, 5) is 13.4. The molecule has 96 valence electrons. The number of hydrogen-bond donors (Lipinski definition) is 0. The molecule has 0 saturated carbocycles. The highest BCUT2D eigenvalue weighted by Crippen LogP contribution is 2.24. The monoisotopic (exact) mass is 268 g/mol. The van der Waals surface area contributed by atoms with Crippen molar-refractivity contribution < 1.29 is 9.18 Å². The van der Waals surface area contributed by atoms with Crippen LogP contribution in [0.15, 0.2) is 18.2 Å². The number of benzene rings is 1. The Labute approximate surface area is 111 Å². The smallest absolute Gasteiger partial charge is 0.244 e. The molecule has 0 aliphatic carbocycles. The molecule has 5 heteroatoms. The van der Waals surface area contributed by atoms with Gasteiger partial charge >= 0.3 is 0 Å². The first kappa shape index (κ1) is 14.5. The largest absolute Gasteiger partial charge is 0.314 e. The SMILES string of the molecule is CC(C)C(C#N)C(=O)N(C)c1ccc(F)c(Cl)c1. The maximum Gasteiger partial charge on any atom is 0.244 e. The maximum absolute atomic E-state index is 13.0. The van der Waals surface area contributed by atoms with Crippen molar-refractivity contribution in [2.45, 2.75) is 13.8 Å². The van der Waals surface area contributed by atoms with Crippen molar-refractivity contribution in [3.05, 3.63) is 29.0 Å². The summed E-state index contributed by atoms with van der Waals surface area (Å²) in [7, 11) is 1.54. The second-order valence-electron chi connectivity index (χ2n) is 4.35. The van der Waals surface area contributed by atoms with Gasteiger partial charge in [-0.05, 0) is 24.1 Å². The maximum atomic E-state index is 13.0.